The number of hydrogen-bond donors (Lipinski definition) is 2. The molecule has 23 heavy (non-hydrogen) atoms. The third kappa shape index (κ3) is 4.66. The van der Waals surface area contributed by atoms with Gasteiger partial charge in [-0.25, -0.2) is 9.18 Å². The average molecular weight is 340 g/mol. The number of carbonyl (C=O) groups excluding carboxylic acids is 1. The molecule has 8 heteroatoms. The van der Waals surface area contributed by atoms with E-state index in [1.54, 1.807) is 19.3 Å². The second-order valence-electron chi connectivity index (χ2n) is 5.09. The van der Waals surface area contributed by atoms with Gasteiger partial charge in [0.05, 0.1) is 11.1 Å². The predicted octanol–water partition coefficient (Wildman–Crippen LogP) is 2.69. The Labute approximate surface area is 139 Å². The fourth-order valence-corrected chi connectivity index (χ4v) is 2.33. The van der Waals surface area contributed by atoms with E-state index in [2.05, 4.69) is 20.8 Å². The standard InChI is InChI=1S/C15H19ClFN5O/c1-3-14-21-19-9-22(14)7-6-18-15(23)20-10(2)11-4-5-13(17)12(16)8-11/h4-5,8-10H,3,6-7H2,1-2H3,(H2,18,20,23)/t10-/m0/s1. The topological polar surface area (TPSA) is 71.8 Å². The zero-order valence-corrected chi connectivity index (χ0v) is 13.8. The molecule has 0 fully saturated rings. The molecule has 1 aromatic carbocycles. The van der Waals surface area contributed by atoms with Crippen LogP contribution in [0.1, 0.15) is 31.3 Å². The van der Waals surface area contributed by atoms with Crippen molar-refractivity contribution in [1.82, 2.24) is 25.4 Å². The first-order valence-electron chi connectivity index (χ1n) is 7.37. The van der Waals surface area contributed by atoms with Gasteiger partial charge < -0.3 is 15.2 Å². The molecule has 0 aliphatic heterocycles. The van der Waals surface area contributed by atoms with E-state index < -0.39 is 5.82 Å². The van der Waals surface area contributed by atoms with Crippen molar-refractivity contribution < 1.29 is 9.18 Å². The Balaban J connectivity index is 1.81. The van der Waals surface area contributed by atoms with Crippen molar-refractivity contribution in [2.45, 2.75) is 32.9 Å². The molecule has 0 bridgehead atoms. The van der Waals surface area contributed by atoms with Crippen LogP contribution in [0.2, 0.25) is 5.02 Å². The van der Waals surface area contributed by atoms with Gasteiger partial charge in [0.25, 0.3) is 0 Å². The Kier molecular flexibility index (Phi) is 5.92. The average Bonchev–Trinajstić information content (AvgIpc) is 2.97. The third-order valence-electron chi connectivity index (χ3n) is 3.44. The number of hydrogen-bond acceptors (Lipinski definition) is 3. The summed E-state index contributed by atoms with van der Waals surface area (Å²) in [7, 11) is 0. The number of rotatable bonds is 6. The molecule has 124 valence electrons. The summed E-state index contributed by atoms with van der Waals surface area (Å²) in [5, 5.41) is 13.4. The lowest BCUT2D eigenvalue weighted by atomic mass is 10.1. The molecular formula is C15H19ClFN5O. The molecule has 2 rings (SSSR count). The number of aromatic nitrogens is 3. The summed E-state index contributed by atoms with van der Waals surface area (Å²) in [6, 6.07) is 3.80. The van der Waals surface area contributed by atoms with Crippen molar-refractivity contribution in [2.75, 3.05) is 6.54 Å². The van der Waals surface area contributed by atoms with Gasteiger partial charge in [-0.15, -0.1) is 10.2 Å². The molecule has 6 nitrogen and oxygen atoms in total. The normalized spacial score (nSPS) is 12.0. The van der Waals surface area contributed by atoms with Crippen LogP contribution in [0.15, 0.2) is 24.5 Å². The highest BCUT2D eigenvalue weighted by molar-refractivity contribution is 6.30. The molecule has 2 N–H and O–H groups in total. The van der Waals surface area contributed by atoms with Crippen LogP contribution in [0.3, 0.4) is 0 Å². The molecule has 1 atom stereocenters. The zero-order valence-electron chi connectivity index (χ0n) is 13.0. The maximum Gasteiger partial charge on any atom is 0.315 e. The van der Waals surface area contributed by atoms with Crippen molar-refractivity contribution >= 4 is 17.6 Å². The molecule has 0 aliphatic carbocycles. The van der Waals surface area contributed by atoms with Crippen LogP contribution in [0.4, 0.5) is 9.18 Å². The van der Waals surface area contributed by atoms with Gasteiger partial charge in [0.2, 0.25) is 0 Å². The first-order valence-corrected chi connectivity index (χ1v) is 7.75. The van der Waals surface area contributed by atoms with Gasteiger partial charge in [-0.2, -0.15) is 0 Å². The minimum Gasteiger partial charge on any atom is -0.336 e. The van der Waals surface area contributed by atoms with E-state index in [0.29, 0.717) is 13.1 Å². The number of benzene rings is 1. The Morgan fingerprint density at radius 1 is 1.48 bits per heavy atom. The molecule has 0 spiro atoms. The molecule has 0 unspecified atom stereocenters. The SMILES string of the molecule is CCc1nncn1CCNC(=O)N[C@@H](C)c1ccc(F)c(Cl)c1. The van der Waals surface area contributed by atoms with E-state index in [0.717, 1.165) is 17.8 Å². The van der Waals surface area contributed by atoms with E-state index in [-0.39, 0.29) is 17.1 Å². The Morgan fingerprint density at radius 2 is 2.26 bits per heavy atom. The van der Waals surface area contributed by atoms with Crippen molar-refractivity contribution in [3.63, 3.8) is 0 Å². The summed E-state index contributed by atoms with van der Waals surface area (Å²) in [4.78, 5) is 11.9. The summed E-state index contributed by atoms with van der Waals surface area (Å²) < 4.78 is 15.0. The molecule has 2 aromatic rings. The van der Waals surface area contributed by atoms with Gasteiger partial charge in [-0.05, 0) is 24.6 Å². The van der Waals surface area contributed by atoms with Gasteiger partial charge in [-0.3, -0.25) is 0 Å². The van der Waals surface area contributed by atoms with Gasteiger partial charge in [0, 0.05) is 19.5 Å². The van der Waals surface area contributed by atoms with Gasteiger partial charge >= 0.3 is 6.03 Å². The quantitative estimate of drug-likeness (QED) is 0.850. The number of aryl methyl sites for hydroxylation is 1. The maximum atomic E-state index is 13.1. The summed E-state index contributed by atoms with van der Waals surface area (Å²) in [6.45, 7) is 4.85. The smallest absolute Gasteiger partial charge is 0.315 e. The maximum absolute atomic E-state index is 13.1. The van der Waals surface area contributed by atoms with Gasteiger partial charge in [-0.1, -0.05) is 24.6 Å². The predicted molar refractivity (Wildman–Crippen MR) is 85.8 cm³/mol. The van der Waals surface area contributed by atoms with Crippen LogP contribution >= 0.6 is 11.6 Å². The highest BCUT2D eigenvalue weighted by atomic mass is 35.5. The fourth-order valence-electron chi connectivity index (χ4n) is 2.14. The van der Waals surface area contributed by atoms with Crippen molar-refractivity contribution in [3.05, 3.63) is 46.8 Å². The van der Waals surface area contributed by atoms with Crippen molar-refractivity contribution in [2.24, 2.45) is 0 Å². The van der Waals surface area contributed by atoms with Crippen LogP contribution in [0.25, 0.3) is 0 Å². The highest BCUT2D eigenvalue weighted by Crippen LogP contribution is 2.20. The van der Waals surface area contributed by atoms with Crippen LogP contribution < -0.4 is 10.6 Å². The fraction of sp³-hybridized carbons (Fsp3) is 0.400. The summed E-state index contributed by atoms with van der Waals surface area (Å²) in [5.74, 6) is 0.397. The molecule has 2 amide bonds. The summed E-state index contributed by atoms with van der Waals surface area (Å²) in [5.41, 5.74) is 0.735. The lowest BCUT2D eigenvalue weighted by Gasteiger charge is -2.15. The first-order chi connectivity index (χ1) is 11.0. The Morgan fingerprint density at radius 3 is 2.96 bits per heavy atom. The van der Waals surface area contributed by atoms with E-state index in [1.807, 2.05) is 11.5 Å². The summed E-state index contributed by atoms with van der Waals surface area (Å²) in [6.07, 6.45) is 2.43. The van der Waals surface area contributed by atoms with Crippen LogP contribution in [0, 0.1) is 5.82 Å². The molecule has 1 heterocycles. The lowest BCUT2D eigenvalue weighted by Crippen LogP contribution is -2.38. The first kappa shape index (κ1) is 17.2. The highest BCUT2D eigenvalue weighted by Gasteiger charge is 2.11. The Hall–Kier alpha value is -2.15. The number of urea groups is 1. The van der Waals surface area contributed by atoms with E-state index >= 15 is 0 Å². The molecule has 0 aliphatic rings. The minimum atomic E-state index is -0.479. The van der Waals surface area contributed by atoms with E-state index in [4.69, 9.17) is 11.6 Å². The van der Waals surface area contributed by atoms with Gasteiger partial charge in [0.1, 0.15) is 18.0 Å². The lowest BCUT2D eigenvalue weighted by molar-refractivity contribution is 0.237. The van der Waals surface area contributed by atoms with E-state index in [1.165, 1.54) is 12.1 Å². The number of halogens is 2. The molecule has 1 aromatic heterocycles. The zero-order chi connectivity index (χ0) is 16.8. The molecular weight excluding hydrogens is 321 g/mol. The minimum absolute atomic E-state index is 0.0382. The Bertz CT molecular complexity index is 676. The molecule has 0 saturated heterocycles. The van der Waals surface area contributed by atoms with Gasteiger partial charge in [0.15, 0.2) is 0 Å². The second-order valence-corrected chi connectivity index (χ2v) is 5.50. The van der Waals surface area contributed by atoms with Crippen molar-refractivity contribution in [3.8, 4) is 0 Å². The largest absolute Gasteiger partial charge is 0.336 e. The summed E-state index contributed by atoms with van der Waals surface area (Å²) >= 11 is 5.75. The number of nitrogens with one attached hydrogen (secondary N) is 2. The number of nitrogens with zero attached hydrogens (tertiary/aromatic N) is 3. The molecule has 0 saturated carbocycles. The number of carbonyl (C=O) groups is 1. The second kappa shape index (κ2) is 7.92. The van der Waals surface area contributed by atoms with Crippen LogP contribution in [0.5, 0.6) is 0 Å². The van der Waals surface area contributed by atoms with Crippen molar-refractivity contribution in [1.29, 1.82) is 0 Å². The monoisotopic (exact) mass is 339 g/mol. The van der Waals surface area contributed by atoms with E-state index in [9.17, 15) is 9.18 Å². The van der Waals surface area contributed by atoms with Crippen LogP contribution in [-0.2, 0) is 13.0 Å². The third-order valence-corrected chi connectivity index (χ3v) is 3.73. The molecule has 0 radical (unpaired) electrons. The number of amides is 2. The van der Waals surface area contributed by atoms with Crippen LogP contribution in [-0.4, -0.2) is 27.3 Å².